The number of thioether (sulfide) groups is 1. The number of amidine groups is 1. The Morgan fingerprint density at radius 3 is 2.80 bits per heavy atom. The number of rotatable bonds is 6. The number of methoxy groups -OCH3 is 1. The van der Waals surface area contributed by atoms with E-state index in [-0.39, 0.29) is 12.2 Å². The third kappa shape index (κ3) is 5.53. The van der Waals surface area contributed by atoms with Crippen LogP contribution < -0.4 is 10.5 Å². The molecule has 0 amide bonds. The highest BCUT2D eigenvalue weighted by molar-refractivity contribution is 8.13. The minimum atomic E-state index is -0.586. The Labute approximate surface area is 149 Å². The number of hydrogen-bond acceptors (Lipinski definition) is 5. The predicted octanol–water partition coefficient (Wildman–Crippen LogP) is 3.66. The molecule has 0 radical (unpaired) electrons. The van der Waals surface area contributed by atoms with Gasteiger partial charge in [0.05, 0.1) is 26.0 Å². The molecule has 1 heterocycles. The Morgan fingerprint density at radius 2 is 2.16 bits per heavy atom. The van der Waals surface area contributed by atoms with Crippen LogP contribution in [0, 0.1) is 5.82 Å². The summed E-state index contributed by atoms with van der Waals surface area (Å²) in [6.45, 7) is 2.04. The second kappa shape index (κ2) is 9.12. The molecule has 0 aliphatic heterocycles. The third-order valence-corrected chi connectivity index (χ3v) is 3.86. The average Bonchev–Trinajstić information content (AvgIpc) is 2.62. The number of benzene rings is 1. The topological polar surface area (TPSA) is 73.4 Å². The number of halogens is 2. The van der Waals surface area contributed by atoms with Crippen LogP contribution in [0.3, 0.4) is 0 Å². The molecule has 2 N–H and O–H groups in total. The molecule has 2 aromatic rings. The van der Waals surface area contributed by atoms with Gasteiger partial charge in [0.1, 0.15) is 11.5 Å². The van der Waals surface area contributed by atoms with Gasteiger partial charge in [-0.15, -0.1) is 0 Å². The van der Waals surface area contributed by atoms with E-state index in [1.165, 1.54) is 55.5 Å². The van der Waals surface area contributed by atoms with Crippen molar-refractivity contribution in [3.8, 4) is 5.88 Å². The lowest BCUT2D eigenvalue weighted by atomic mass is 10.1. The van der Waals surface area contributed by atoms with Gasteiger partial charge in [-0.25, -0.2) is 18.7 Å². The van der Waals surface area contributed by atoms with Gasteiger partial charge in [0.25, 0.3) is 0 Å². The van der Waals surface area contributed by atoms with Crippen LogP contribution in [0.4, 0.5) is 8.78 Å². The number of nitrogens with two attached hydrogens (primary N) is 1. The van der Waals surface area contributed by atoms with Crippen LogP contribution in [-0.4, -0.2) is 28.0 Å². The number of nitrogens with zero attached hydrogens (tertiary/aromatic N) is 3. The molecule has 0 aliphatic rings. The first-order chi connectivity index (χ1) is 12.0. The van der Waals surface area contributed by atoms with Crippen LogP contribution in [0.15, 0.2) is 35.6 Å². The summed E-state index contributed by atoms with van der Waals surface area (Å²) in [5.74, 6) is 0.0763. The van der Waals surface area contributed by atoms with E-state index in [0.717, 1.165) is 5.75 Å². The summed E-state index contributed by atoms with van der Waals surface area (Å²) >= 11 is 1.38. The molecule has 0 aliphatic carbocycles. The minimum absolute atomic E-state index is 0.0632. The molecule has 0 spiro atoms. The first-order valence-electron chi connectivity index (χ1n) is 7.48. The van der Waals surface area contributed by atoms with Crippen LogP contribution in [0.5, 0.6) is 5.88 Å². The smallest absolute Gasteiger partial charge is 0.232 e. The van der Waals surface area contributed by atoms with Crippen LogP contribution in [0.25, 0.3) is 11.9 Å². The number of aromatic nitrogens is 2. The molecule has 0 saturated carbocycles. The number of hydrogen-bond donors (Lipinski definition) is 1. The molecule has 5 nitrogen and oxygen atoms in total. The van der Waals surface area contributed by atoms with Crippen LogP contribution in [-0.2, 0) is 6.54 Å². The maximum Gasteiger partial charge on any atom is 0.232 e. The van der Waals surface area contributed by atoms with E-state index in [1.54, 1.807) is 0 Å². The van der Waals surface area contributed by atoms with Crippen LogP contribution >= 0.6 is 11.8 Å². The van der Waals surface area contributed by atoms with Crippen molar-refractivity contribution in [1.82, 2.24) is 9.97 Å². The lowest BCUT2D eigenvalue weighted by Gasteiger charge is -2.04. The van der Waals surface area contributed by atoms with Gasteiger partial charge in [-0.05, 0) is 29.5 Å². The third-order valence-electron chi connectivity index (χ3n) is 3.14. The highest BCUT2D eigenvalue weighted by Crippen LogP contribution is 2.20. The summed E-state index contributed by atoms with van der Waals surface area (Å²) in [5, 5.41) is 0.391. The van der Waals surface area contributed by atoms with Gasteiger partial charge in [0, 0.05) is 5.56 Å². The molecule has 1 aromatic carbocycles. The normalized spacial score (nSPS) is 12.3. The van der Waals surface area contributed by atoms with Crippen molar-refractivity contribution >= 4 is 28.8 Å². The molecule has 8 heteroatoms. The maximum absolute atomic E-state index is 14.3. The van der Waals surface area contributed by atoms with E-state index < -0.39 is 11.6 Å². The van der Waals surface area contributed by atoms with E-state index in [0.29, 0.717) is 22.2 Å². The quantitative estimate of drug-likeness (QED) is 0.625. The zero-order chi connectivity index (χ0) is 18.2. The molecule has 2 rings (SSSR count). The summed E-state index contributed by atoms with van der Waals surface area (Å²) in [6, 6.07) is 4.27. The van der Waals surface area contributed by atoms with Crippen molar-refractivity contribution in [3.05, 3.63) is 53.2 Å². The van der Waals surface area contributed by atoms with Gasteiger partial charge in [-0.3, -0.25) is 4.99 Å². The van der Waals surface area contributed by atoms with E-state index in [9.17, 15) is 8.78 Å². The summed E-state index contributed by atoms with van der Waals surface area (Å²) < 4.78 is 33.0. The van der Waals surface area contributed by atoms with Gasteiger partial charge in [0.15, 0.2) is 11.0 Å². The minimum Gasteiger partial charge on any atom is -0.480 e. The molecule has 0 fully saturated rings. The van der Waals surface area contributed by atoms with Gasteiger partial charge in [0.2, 0.25) is 5.88 Å². The molecule has 0 atom stereocenters. The highest BCUT2D eigenvalue weighted by Gasteiger charge is 2.07. The monoisotopic (exact) mass is 364 g/mol. The molecular formula is C17H18F2N4OS. The van der Waals surface area contributed by atoms with Gasteiger partial charge < -0.3 is 10.5 Å². The fraction of sp³-hybridized carbons (Fsp3) is 0.235. The number of aliphatic imine (C=N–C) groups is 1. The molecular weight excluding hydrogens is 346 g/mol. The standard InChI is InChI=1S/C17H18F2N4OS/c1-3-25-17(20)23-8-12-6-11(4-5-13(12)18)7-14(19)15-9-22-16(24-2)10-21-15/h4-7,9-10H,3,8H2,1-2H3,(H2,20,23)/b14-7-. The predicted molar refractivity (Wildman–Crippen MR) is 97.4 cm³/mol. The van der Waals surface area contributed by atoms with Crippen molar-refractivity contribution in [2.75, 3.05) is 12.9 Å². The highest BCUT2D eigenvalue weighted by atomic mass is 32.2. The van der Waals surface area contributed by atoms with Crippen molar-refractivity contribution in [1.29, 1.82) is 0 Å². The fourth-order valence-corrected chi connectivity index (χ4v) is 2.38. The Bertz CT molecular complexity index is 779. The maximum atomic E-state index is 14.3. The zero-order valence-corrected chi connectivity index (χ0v) is 14.7. The van der Waals surface area contributed by atoms with Crippen molar-refractivity contribution < 1.29 is 13.5 Å². The lowest BCUT2D eigenvalue weighted by Crippen LogP contribution is -2.07. The molecule has 132 valence electrons. The van der Waals surface area contributed by atoms with Crippen molar-refractivity contribution in [2.24, 2.45) is 10.7 Å². The molecule has 25 heavy (non-hydrogen) atoms. The average molecular weight is 364 g/mol. The molecule has 1 aromatic heterocycles. The van der Waals surface area contributed by atoms with E-state index in [1.807, 2.05) is 6.92 Å². The molecule has 0 bridgehead atoms. The van der Waals surface area contributed by atoms with Gasteiger partial charge >= 0.3 is 0 Å². The Morgan fingerprint density at radius 1 is 1.36 bits per heavy atom. The molecule has 0 saturated heterocycles. The van der Waals surface area contributed by atoms with E-state index >= 15 is 0 Å². The largest absolute Gasteiger partial charge is 0.480 e. The summed E-state index contributed by atoms with van der Waals surface area (Å²) in [7, 11) is 1.45. The summed E-state index contributed by atoms with van der Waals surface area (Å²) in [5.41, 5.74) is 6.58. The summed E-state index contributed by atoms with van der Waals surface area (Å²) in [6.07, 6.45) is 3.84. The Hall–Kier alpha value is -2.48. The first-order valence-corrected chi connectivity index (χ1v) is 8.46. The summed E-state index contributed by atoms with van der Waals surface area (Å²) in [4.78, 5) is 11.9. The number of ether oxygens (including phenoxy) is 1. The Kier molecular flexibility index (Phi) is 6.88. The van der Waals surface area contributed by atoms with E-state index in [4.69, 9.17) is 10.5 Å². The van der Waals surface area contributed by atoms with Gasteiger partial charge in [-0.2, -0.15) is 0 Å². The van der Waals surface area contributed by atoms with Gasteiger partial charge in [-0.1, -0.05) is 24.8 Å². The molecule has 0 unspecified atom stereocenters. The second-order valence-corrected chi connectivity index (χ2v) is 6.16. The Balaban J connectivity index is 2.21. The zero-order valence-electron chi connectivity index (χ0n) is 13.9. The van der Waals surface area contributed by atoms with E-state index in [2.05, 4.69) is 15.0 Å². The SMILES string of the molecule is CCS/C(N)=N\Cc1cc(/C=C(\F)c2cnc(OC)cn2)ccc1F. The van der Waals surface area contributed by atoms with Crippen LogP contribution in [0.1, 0.15) is 23.7 Å². The first kappa shape index (κ1) is 18.9. The second-order valence-electron chi connectivity index (χ2n) is 4.87. The van der Waals surface area contributed by atoms with Crippen molar-refractivity contribution in [2.45, 2.75) is 13.5 Å². The fourth-order valence-electron chi connectivity index (χ4n) is 1.93. The van der Waals surface area contributed by atoms with Crippen LogP contribution in [0.2, 0.25) is 0 Å². The lowest BCUT2D eigenvalue weighted by molar-refractivity contribution is 0.395. The van der Waals surface area contributed by atoms with Crippen molar-refractivity contribution in [3.63, 3.8) is 0 Å².